The van der Waals surface area contributed by atoms with Crippen LogP contribution in [-0.4, -0.2) is 19.5 Å². The summed E-state index contributed by atoms with van der Waals surface area (Å²) in [7, 11) is 0. The lowest BCUT2D eigenvalue weighted by Gasteiger charge is -2.09. The average Bonchev–Trinajstić information content (AvgIpc) is 2.71. The van der Waals surface area contributed by atoms with E-state index in [-0.39, 0.29) is 13.3 Å². The van der Waals surface area contributed by atoms with Gasteiger partial charge < -0.3 is 14.8 Å². The Kier molecular flexibility index (Phi) is 4.01. The van der Waals surface area contributed by atoms with Crippen molar-refractivity contribution in [2.24, 2.45) is 0 Å². The molecule has 0 aromatic heterocycles. The molecular formula is C11H11BrF3NO2. The predicted octanol–water partition coefficient (Wildman–Crippen LogP) is 3.22. The molecule has 1 heterocycles. The van der Waals surface area contributed by atoms with Gasteiger partial charge >= 0.3 is 6.18 Å². The third-order valence-electron chi connectivity index (χ3n) is 2.40. The Labute approximate surface area is 110 Å². The van der Waals surface area contributed by atoms with Gasteiger partial charge in [-0.1, -0.05) is 0 Å². The molecular weight excluding hydrogens is 315 g/mol. The molecule has 2 rings (SSSR count). The van der Waals surface area contributed by atoms with Gasteiger partial charge in [0.2, 0.25) is 6.79 Å². The Bertz CT molecular complexity index is 437. The summed E-state index contributed by atoms with van der Waals surface area (Å²) < 4.78 is 47.0. The van der Waals surface area contributed by atoms with Gasteiger partial charge in [-0.15, -0.1) is 0 Å². The first-order chi connectivity index (χ1) is 8.46. The molecule has 7 heteroatoms. The molecule has 1 aromatic rings. The monoisotopic (exact) mass is 325 g/mol. The number of hydrogen-bond donors (Lipinski definition) is 1. The summed E-state index contributed by atoms with van der Waals surface area (Å²) in [5.74, 6) is 1.24. The summed E-state index contributed by atoms with van der Waals surface area (Å²) in [4.78, 5) is 0. The van der Waals surface area contributed by atoms with Crippen molar-refractivity contribution in [3.8, 4) is 11.5 Å². The second kappa shape index (κ2) is 5.36. The number of alkyl halides is 3. The molecule has 1 aliphatic rings. The third-order valence-corrected chi connectivity index (χ3v) is 2.99. The van der Waals surface area contributed by atoms with Gasteiger partial charge in [-0.05, 0) is 33.6 Å². The molecule has 1 aliphatic heterocycles. The van der Waals surface area contributed by atoms with Crippen LogP contribution in [0.25, 0.3) is 0 Å². The van der Waals surface area contributed by atoms with E-state index in [2.05, 4.69) is 21.2 Å². The molecule has 0 atom stereocenters. The molecule has 0 saturated carbocycles. The van der Waals surface area contributed by atoms with Gasteiger partial charge in [0, 0.05) is 13.1 Å². The molecule has 0 bridgehead atoms. The van der Waals surface area contributed by atoms with Gasteiger partial charge in [0.05, 0.1) is 10.9 Å². The number of rotatable bonds is 4. The second-order valence-electron chi connectivity index (χ2n) is 3.85. The second-order valence-corrected chi connectivity index (χ2v) is 4.71. The number of fused-ring (bicyclic) bond motifs is 1. The minimum Gasteiger partial charge on any atom is -0.454 e. The standard InChI is InChI=1S/C11H11BrF3NO2/c12-8-3-7(4-9-10(8)18-6-17-9)5-16-2-1-11(13,14)15/h3-4,16H,1-2,5-6H2. The van der Waals surface area contributed by atoms with Crippen LogP contribution in [0.1, 0.15) is 12.0 Å². The summed E-state index contributed by atoms with van der Waals surface area (Å²) in [6, 6.07) is 3.56. The van der Waals surface area contributed by atoms with Crippen molar-refractivity contribution in [1.82, 2.24) is 5.32 Å². The fourth-order valence-electron chi connectivity index (χ4n) is 1.59. The van der Waals surface area contributed by atoms with Gasteiger partial charge in [-0.2, -0.15) is 13.2 Å². The van der Waals surface area contributed by atoms with Crippen molar-refractivity contribution in [3.63, 3.8) is 0 Å². The van der Waals surface area contributed by atoms with Crippen molar-refractivity contribution in [3.05, 3.63) is 22.2 Å². The predicted molar refractivity (Wildman–Crippen MR) is 62.6 cm³/mol. The van der Waals surface area contributed by atoms with E-state index >= 15 is 0 Å². The van der Waals surface area contributed by atoms with Gasteiger partial charge in [0.25, 0.3) is 0 Å². The van der Waals surface area contributed by atoms with Crippen LogP contribution in [0.15, 0.2) is 16.6 Å². The molecule has 0 spiro atoms. The lowest BCUT2D eigenvalue weighted by Crippen LogP contribution is -2.21. The van der Waals surface area contributed by atoms with Crippen LogP contribution in [0.2, 0.25) is 0 Å². The van der Waals surface area contributed by atoms with Crippen molar-refractivity contribution < 1.29 is 22.6 Å². The maximum absolute atomic E-state index is 11.9. The molecule has 0 unspecified atom stereocenters. The maximum atomic E-state index is 11.9. The van der Waals surface area contributed by atoms with E-state index in [1.165, 1.54) is 0 Å². The van der Waals surface area contributed by atoms with Crippen LogP contribution in [0, 0.1) is 0 Å². The number of benzene rings is 1. The molecule has 0 saturated heterocycles. The van der Waals surface area contributed by atoms with E-state index < -0.39 is 12.6 Å². The third kappa shape index (κ3) is 3.52. The van der Waals surface area contributed by atoms with Crippen LogP contribution in [0.3, 0.4) is 0 Å². The van der Waals surface area contributed by atoms with E-state index in [9.17, 15) is 13.2 Å². The summed E-state index contributed by atoms with van der Waals surface area (Å²) in [6.07, 6.45) is -4.96. The van der Waals surface area contributed by atoms with Crippen LogP contribution >= 0.6 is 15.9 Å². The van der Waals surface area contributed by atoms with E-state index in [4.69, 9.17) is 9.47 Å². The normalized spacial score (nSPS) is 14.0. The van der Waals surface area contributed by atoms with E-state index in [1.807, 2.05) is 0 Å². The Morgan fingerprint density at radius 2 is 2.06 bits per heavy atom. The number of nitrogens with one attached hydrogen (secondary N) is 1. The van der Waals surface area contributed by atoms with Gasteiger partial charge in [-0.3, -0.25) is 0 Å². The number of hydrogen-bond acceptors (Lipinski definition) is 3. The van der Waals surface area contributed by atoms with Crippen LogP contribution in [0.5, 0.6) is 11.5 Å². The van der Waals surface area contributed by atoms with Crippen molar-refractivity contribution >= 4 is 15.9 Å². The highest BCUT2D eigenvalue weighted by atomic mass is 79.9. The first-order valence-corrected chi connectivity index (χ1v) is 6.10. The highest BCUT2D eigenvalue weighted by molar-refractivity contribution is 9.10. The van der Waals surface area contributed by atoms with E-state index in [0.717, 1.165) is 10.0 Å². The van der Waals surface area contributed by atoms with E-state index in [0.29, 0.717) is 18.0 Å². The minimum absolute atomic E-state index is 0.102. The van der Waals surface area contributed by atoms with Crippen LogP contribution in [0.4, 0.5) is 13.2 Å². The smallest absolute Gasteiger partial charge is 0.390 e. The number of halogens is 4. The molecule has 3 nitrogen and oxygen atoms in total. The molecule has 0 radical (unpaired) electrons. The van der Waals surface area contributed by atoms with Crippen molar-refractivity contribution in [2.45, 2.75) is 19.1 Å². The summed E-state index contributed by atoms with van der Waals surface area (Å²) in [5, 5.41) is 2.74. The van der Waals surface area contributed by atoms with Gasteiger partial charge in [0.15, 0.2) is 11.5 Å². The van der Waals surface area contributed by atoms with E-state index in [1.54, 1.807) is 12.1 Å². The molecule has 1 aromatic carbocycles. The Morgan fingerprint density at radius 1 is 1.28 bits per heavy atom. The van der Waals surface area contributed by atoms with Crippen LogP contribution < -0.4 is 14.8 Å². The zero-order chi connectivity index (χ0) is 13.2. The SMILES string of the molecule is FC(F)(F)CCNCc1cc(Br)c2c(c1)OCO2. The molecule has 0 aliphatic carbocycles. The lowest BCUT2D eigenvalue weighted by atomic mass is 10.2. The molecule has 1 N–H and O–H groups in total. The highest BCUT2D eigenvalue weighted by Crippen LogP contribution is 2.39. The minimum atomic E-state index is -4.12. The molecule has 0 fully saturated rings. The Morgan fingerprint density at radius 3 is 2.78 bits per heavy atom. The summed E-state index contributed by atoms with van der Waals surface area (Å²) >= 11 is 3.33. The number of ether oxygens (including phenoxy) is 2. The van der Waals surface area contributed by atoms with Crippen molar-refractivity contribution in [1.29, 1.82) is 0 Å². The fraction of sp³-hybridized carbons (Fsp3) is 0.455. The molecule has 0 amide bonds. The quantitative estimate of drug-likeness (QED) is 0.862. The molecule has 100 valence electrons. The van der Waals surface area contributed by atoms with Gasteiger partial charge in [0.1, 0.15) is 0 Å². The fourth-order valence-corrected chi connectivity index (χ4v) is 2.19. The van der Waals surface area contributed by atoms with Crippen molar-refractivity contribution in [2.75, 3.05) is 13.3 Å². The first-order valence-electron chi connectivity index (χ1n) is 5.31. The highest BCUT2D eigenvalue weighted by Gasteiger charge is 2.26. The maximum Gasteiger partial charge on any atom is 0.390 e. The van der Waals surface area contributed by atoms with Gasteiger partial charge in [-0.25, -0.2) is 0 Å². The summed E-state index contributed by atoms with van der Waals surface area (Å²) in [6.45, 7) is 0.416. The largest absolute Gasteiger partial charge is 0.454 e. The topological polar surface area (TPSA) is 30.5 Å². The first kappa shape index (κ1) is 13.5. The lowest BCUT2D eigenvalue weighted by molar-refractivity contribution is -0.133. The Hall–Kier alpha value is -0.950. The van der Waals surface area contributed by atoms with Crippen LogP contribution in [-0.2, 0) is 6.54 Å². The zero-order valence-electron chi connectivity index (χ0n) is 9.31. The molecule has 18 heavy (non-hydrogen) atoms. The Balaban J connectivity index is 1.89. The average molecular weight is 326 g/mol. The zero-order valence-corrected chi connectivity index (χ0v) is 10.9. The summed E-state index contributed by atoms with van der Waals surface area (Å²) in [5.41, 5.74) is 0.841.